The lowest BCUT2D eigenvalue weighted by Gasteiger charge is -2.39. The number of imidazole rings is 1. The van der Waals surface area contributed by atoms with Crippen LogP contribution in [0.1, 0.15) is 51.0 Å². The SMILES string of the molecule is C=C(OCC)c1ccc2nc(-c3ccc(-c4cnc([C@@H]5CCCN5N(C(=O)OC)[C@H](C=O)C(C)C)[nH]4)cc3)cnc2c1. The van der Waals surface area contributed by atoms with Crippen LogP contribution in [0.3, 0.4) is 0 Å². The third-order valence-electron chi connectivity index (χ3n) is 7.55. The maximum absolute atomic E-state index is 12.7. The predicted molar refractivity (Wildman–Crippen MR) is 161 cm³/mol. The van der Waals surface area contributed by atoms with Crippen molar-refractivity contribution in [3.63, 3.8) is 0 Å². The molecule has 0 aliphatic carbocycles. The summed E-state index contributed by atoms with van der Waals surface area (Å²) in [5, 5.41) is 3.36. The van der Waals surface area contributed by atoms with E-state index >= 15 is 0 Å². The van der Waals surface area contributed by atoms with Crippen LogP contribution in [0.25, 0.3) is 39.3 Å². The fourth-order valence-corrected chi connectivity index (χ4v) is 5.33. The van der Waals surface area contributed by atoms with Crippen molar-refractivity contribution >= 4 is 29.2 Å². The zero-order valence-electron chi connectivity index (χ0n) is 24.4. The van der Waals surface area contributed by atoms with E-state index in [1.165, 1.54) is 12.1 Å². The second-order valence-corrected chi connectivity index (χ2v) is 10.6. The van der Waals surface area contributed by atoms with E-state index in [0.717, 1.165) is 64.1 Å². The maximum atomic E-state index is 12.7. The number of hydrogen-bond donors (Lipinski definition) is 1. The minimum atomic E-state index is -0.630. The predicted octanol–water partition coefficient (Wildman–Crippen LogP) is 6.04. The highest BCUT2D eigenvalue weighted by molar-refractivity contribution is 5.81. The van der Waals surface area contributed by atoms with Crippen LogP contribution < -0.4 is 0 Å². The molecule has 0 spiro atoms. The van der Waals surface area contributed by atoms with E-state index in [9.17, 15) is 9.59 Å². The normalized spacial score (nSPS) is 16.0. The van der Waals surface area contributed by atoms with Crippen molar-refractivity contribution in [2.24, 2.45) is 5.92 Å². The molecule has 0 bridgehead atoms. The van der Waals surface area contributed by atoms with Crippen molar-refractivity contribution in [2.75, 3.05) is 20.3 Å². The molecule has 1 amide bonds. The van der Waals surface area contributed by atoms with E-state index in [2.05, 4.69) is 21.5 Å². The number of hydrazine groups is 1. The summed E-state index contributed by atoms with van der Waals surface area (Å²) in [5.74, 6) is 1.28. The summed E-state index contributed by atoms with van der Waals surface area (Å²) in [4.78, 5) is 42.2. The number of methoxy groups -OCH3 is 1. The van der Waals surface area contributed by atoms with Crippen LogP contribution in [0.15, 0.2) is 61.4 Å². The van der Waals surface area contributed by atoms with Gasteiger partial charge in [-0.2, -0.15) is 0 Å². The molecule has 3 heterocycles. The van der Waals surface area contributed by atoms with Gasteiger partial charge in [-0.05, 0) is 49.4 Å². The number of aldehydes is 1. The average Bonchev–Trinajstić information content (AvgIpc) is 3.69. The van der Waals surface area contributed by atoms with Gasteiger partial charge in [-0.25, -0.2) is 24.8 Å². The monoisotopic (exact) mass is 568 g/mol. The number of nitrogens with one attached hydrogen (secondary N) is 1. The molecule has 2 aromatic carbocycles. The van der Waals surface area contributed by atoms with Gasteiger partial charge >= 0.3 is 6.09 Å². The average molecular weight is 569 g/mol. The number of amides is 1. The highest BCUT2D eigenvalue weighted by Gasteiger charge is 2.40. The van der Waals surface area contributed by atoms with Crippen LogP contribution in [0.2, 0.25) is 0 Å². The minimum Gasteiger partial charge on any atom is -0.494 e. The van der Waals surface area contributed by atoms with Crippen LogP contribution in [-0.2, 0) is 14.3 Å². The summed E-state index contributed by atoms with van der Waals surface area (Å²) in [6.45, 7) is 10.9. The van der Waals surface area contributed by atoms with E-state index in [1.807, 2.05) is 68.2 Å². The lowest BCUT2D eigenvalue weighted by Crippen LogP contribution is -2.54. The van der Waals surface area contributed by atoms with Gasteiger partial charge in [-0.15, -0.1) is 0 Å². The van der Waals surface area contributed by atoms with E-state index in [1.54, 1.807) is 12.4 Å². The van der Waals surface area contributed by atoms with Gasteiger partial charge in [0.2, 0.25) is 0 Å². The van der Waals surface area contributed by atoms with Gasteiger partial charge in [0.25, 0.3) is 0 Å². The smallest absolute Gasteiger partial charge is 0.424 e. The second kappa shape index (κ2) is 12.5. The number of ether oxygens (including phenoxy) is 2. The largest absolute Gasteiger partial charge is 0.494 e. The van der Waals surface area contributed by atoms with Crippen molar-refractivity contribution in [3.05, 3.63) is 72.8 Å². The first-order valence-corrected chi connectivity index (χ1v) is 14.2. The highest BCUT2D eigenvalue weighted by atomic mass is 16.5. The number of H-pyrrole nitrogens is 1. The van der Waals surface area contributed by atoms with Crippen LogP contribution in [0.5, 0.6) is 0 Å². The molecule has 0 radical (unpaired) electrons. The lowest BCUT2D eigenvalue weighted by atomic mass is 10.1. The molecular formula is C32H36N6O4. The molecule has 2 aromatic heterocycles. The summed E-state index contributed by atoms with van der Waals surface area (Å²) in [6, 6.07) is 13.0. The zero-order chi connectivity index (χ0) is 29.8. The number of carbonyl (C=O) groups is 2. The van der Waals surface area contributed by atoms with Gasteiger partial charge < -0.3 is 19.3 Å². The third-order valence-corrected chi connectivity index (χ3v) is 7.55. The Bertz CT molecular complexity index is 1580. The summed E-state index contributed by atoms with van der Waals surface area (Å²) >= 11 is 0. The standard InChI is InChI=1S/C32H36N6O4/c1-6-42-21(4)24-13-14-25-26(16-24)33-17-27(35-25)22-9-11-23(12-10-22)28-18-34-31(36-28)29-8-7-15-37(29)38(32(40)41-5)30(19-39)20(2)3/h9-14,16-20,29-30H,4,6-8,15H2,1-3,5H3,(H,34,36)/t29-,30+/m0/s1. The first-order chi connectivity index (χ1) is 20.3. The summed E-state index contributed by atoms with van der Waals surface area (Å²) < 4.78 is 10.6. The first-order valence-electron chi connectivity index (χ1n) is 14.2. The van der Waals surface area contributed by atoms with Gasteiger partial charge in [0.15, 0.2) is 0 Å². The Morgan fingerprint density at radius 1 is 1.14 bits per heavy atom. The summed E-state index contributed by atoms with van der Waals surface area (Å²) in [5.41, 5.74) is 5.99. The van der Waals surface area contributed by atoms with Crippen molar-refractivity contribution in [3.8, 4) is 22.5 Å². The number of hydrogen-bond acceptors (Lipinski definition) is 8. The Hall–Kier alpha value is -4.57. The van der Waals surface area contributed by atoms with Crippen molar-refractivity contribution in [1.29, 1.82) is 0 Å². The molecule has 0 unspecified atom stereocenters. The number of aromatic nitrogens is 4. The topological polar surface area (TPSA) is 114 Å². The molecule has 218 valence electrons. The Morgan fingerprint density at radius 2 is 1.90 bits per heavy atom. The zero-order valence-corrected chi connectivity index (χ0v) is 24.4. The van der Waals surface area contributed by atoms with E-state index in [0.29, 0.717) is 18.9 Å². The highest BCUT2D eigenvalue weighted by Crippen LogP contribution is 2.35. The minimum absolute atomic E-state index is 0.0707. The van der Waals surface area contributed by atoms with Gasteiger partial charge in [-0.3, -0.25) is 4.98 Å². The van der Waals surface area contributed by atoms with E-state index in [-0.39, 0.29) is 12.0 Å². The summed E-state index contributed by atoms with van der Waals surface area (Å²) in [7, 11) is 1.33. The third kappa shape index (κ3) is 5.75. The van der Waals surface area contributed by atoms with Gasteiger partial charge in [0.1, 0.15) is 23.9 Å². The molecule has 10 heteroatoms. The number of carbonyl (C=O) groups excluding carboxylic acids is 2. The van der Waals surface area contributed by atoms with Crippen LogP contribution in [0.4, 0.5) is 4.79 Å². The lowest BCUT2D eigenvalue weighted by molar-refractivity contribution is -0.124. The molecule has 0 saturated carbocycles. The molecule has 42 heavy (non-hydrogen) atoms. The van der Waals surface area contributed by atoms with Crippen molar-refractivity contribution < 1.29 is 19.1 Å². The Morgan fingerprint density at radius 3 is 2.60 bits per heavy atom. The molecule has 1 aliphatic heterocycles. The fourth-order valence-electron chi connectivity index (χ4n) is 5.33. The fraction of sp³-hybridized carbons (Fsp3) is 0.344. The Kier molecular flexibility index (Phi) is 8.63. The first kappa shape index (κ1) is 28.9. The molecule has 1 saturated heterocycles. The quantitative estimate of drug-likeness (QED) is 0.182. The number of benzene rings is 2. The molecule has 10 nitrogen and oxygen atoms in total. The molecule has 4 aromatic rings. The van der Waals surface area contributed by atoms with E-state index < -0.39 is 12.1 Å². The molecule has 5 rings (SSSR count). The van der Waals surface area contributed by atoms with E-state index in [4.69, 9.17) is 14.5 Å². The second-order valence-electron chi connectivity index (χ2n) is 10.6. The molecule has 1 aliphatic rings. The molecule has 2 atom stereocenters. The number of aromatic amines is 1. The molecular weight excluding hydrogens is 532 g/mol. The van der Waals surface area contributed by atoms with Gasteiger partial charge in [-0.1, -0.05) is 44.7 Å². The number of nitrogens with zero attached hydrogens (tertiary/aromatic N) is 5. The Labute approximate surface area is 245 Å². The maximum Gasteiger partial charge on any atom is 0.424 e. The number of fused-ring (bicyclic) bond motifs is 1. The molecule has 1 N–H and O–H groups in total. The van der Waals surface area contributed by atoms with Crippen molar-refractivity contribution in [1.82, 2.24) is 30.0 Å². The van der Waals surface area contributed by atoms with Crippen molar-refractivity contribution in [2.45, 2.75) is 45.7 Å². The molecule has 1 fully saturated rings. The van der Waals surface area contributed by atoms with Crippen LogP contribution in [0, 0.1) is 5.92 Å². The number of rotatable bonds is 10. The van der Waals surface area contributed by atoms with Crippen LogP contribution in [-0.4, -0.2) is 68.6 Å². The van der Waals surface area contributed by atoms with Gasteiger partial charge in [0, 0.05) is 17.7 Å². The summed E-state index contributed by atoms with van der Waals surface area (Å²) in [6.07, 6.45) is 5.48. The van der Waals surface area contributed by atoms with Crippen LogP contribution >= 0.6 is 0 Å². The Balaban J connectivity index is 1.35. The van der Waals surface area contributed by atoms with Gasteiger partial charge in [0.05, 0.1) is 54.6 Å².